The lowest BCUT2D eigenvalue weighted by atomic mass is 9.77. The second kappa shape index (κ2) is 8.46. The van der Waals surface area contributed by atoms with Crippen molar-refractivity contribution in [2.45, 2.75) is 56.8 Å². The summed E-state index contributed by atoms with van der Waals surface area (Å²) in [5.41, 5.74) is 1.44. The average Bonchev–Trinajstić information content (AvgIpc) is 3.17. The molecule has 0 atom stereocenters. The summed E-state index contributed by atoms with van der Waals surface area (Å²) in [6, 6.07) is 14.0. The zero-order chi connectivity index (χ0) is 20.3. The van der Waals surface area contributed by atoms with Gasteiger partial charge in [0, 0.05) is 12.8 Å². The first-order valence-electron chi connectivity index (χ1n) is 10.1. The summed E-state index contributed by atoms with van der Waals surface area (Å²) in [7, 11) is 0. The van der Waals surface area contributed by atoms with E-state index in [4.69, 9.17) is 14.2 Å². The minimum Gasteiger partial charge on any atom is -0.372 e. The predicted molar refractivity (Wildman–Crippen MR) is 102 cm³/mol. The van der Waals surface area contributed by atoms with Crippen LogP contribution in [0.5, 0.6) is 0 Å². The van der Waals surface area contributed by atoms with Gasteiger partial charge in [0.05, 0.1) is 32.0 Å². The lowest BCUT2D eigenvalue weighted by Crippen LogP contribution is -2.35. The van der Waals surface area contributed by atoms with Crippen molar-refractivity contribution in [2.75, 3.05) is 13.2 Å². The topological polar surface area (TPSA) is 27.7 Å². The molecule has 3 nitrogen and oxygen atoms in total. The lowest BCUT2D eigenvalue weighted by Gasteiger charge is -2.37. The molecule has 0 N–H and O–H groups in total. The highest BCUT2D eigenvalue weighted by atomic mass is 19.4. The molecule has 0 aromatic heterocycles. The van der Waals surface area contributed by atoms with E-state index in [1.165, 1.54) is 12.1 Å². The van der Waals surface area contributed by atoms with E-state index in [1.807, 2.05) is 30.3 Å². The quantitative estimate of drug-likeness (QED) is 0.626. The Morgan fingerprint density at radius 3 is 2.24 bits per heavy atom. The second-order valence-electron chi connectivity index (χ2n) is 7.74. The van der Waals surface area contributed by atoms with E-state index in [1.54, 1.807) is 6.07 Å². The van der Waals surface area contributed by atoms with Crippen LogP contribution >= 0.6 is 0 Å². The van der Waals surface area contributed by atoms with Crippen molar-refractivity contribution in [1.29, 1.82) is 0 Å². The number of hydrogen-bond acceptors (Lipinski definition) is 3. The normalized spacial score (nSPS) is 19.7. The standard InChI is InChI=1S/C23H25F3O3/c24-23(25,26)20-8-4-7-19(16-27-15-17-5-2-1-3-6-17)21(20)18-9-11-22(12-10-18)28-13-14-29-22/h1-8,18H,9-16H2. The van der Waals surface area contributed by atoms with E-state index < -0.39 is 17.5 Å². The molecule has 0 bridgehead atoms. The Balaban J connectivity index is 1.53. The van der Waals surface area contributed by atoms with E-state index in [-0.39, 0.29) is 12.5 Å². The van der Waals surface area contributed by atoms with Gasteiger partial charge in [-0.1, -0.05) is 42.5 Å². The van der Waals surface area contributed by atoms with Crippen molar-refractivity contribution in [3.8, 4) is 0 Å². The van der Waals surface area contributed by atoms with Gasteiger partial charge in [-0.3, -0.25) is 0 Å². The first-order valence-corrected chi connectivity index (χ1v) is 10.1. The molecule has 1 spiro atoms. The molecule has 1 aliphatic carbocycles. The van der Waals surface area contributed by atoms with E-state index in [2.05, 4.69) is 0 Å². The Bertz CT molecular complexity index is 804. The van der Waals surface area contributed by atoms with Crippen LogP contribution in [0.3, 0.4) is 0 Å². The molecule has 1 saturated carbocycles. The first kappa shape index (κ1) is 20.4. The molecular weight excluding hydrogens is 381 g/mol. The SMILES string of the molecule is FC(F)(F)c1cccc(COCc2ccccc2)c1C1CCC2(CC1)OCCO2. The van der Waals surface area contributed by atoms with Crippen LogP contribution in [0, 0.1) is 0 Å². The maximum atomic E-state index is 13.8. The largest absolute Gasteiger partial charge is 0.416 e. The number of rotatable bonds is 5. The number of halogens is 3. The third-order valence-corrected chi connectivity index (χ3v) is 5.84. The van der Waals surface area contributed by atoms with Gasteiger partial charge in [0.2, 0.25) is 0 Å². The third-order valence-electron chi connectivity index (χ3n) is 5.84. The van der Waals surface area contributed by atoms with Gasteiger partial charge in [0.15, 0.2) is 5.79 Å². The molecule has 0 radical (unpaired) electrons. The van der Waals surface area contributed by atoms with Crippen LogP contribution in [0.15, 0.2) is 48.5 Å². The minimum absolute atomic E-state index is 0.156. The maximum Gasteiger partial charge on any atom is 0.416 e. The highest BCUT2D eigenvalue weighted by Crippen LogP contribution is 2.46. The van der Waals surface area contributed by atoms with E-state index in [0.717, 1.165) is 5.56 Å². The summed E-state index contributed by atoms with van der Waals surface area (Å²) in [6.45, 7) is 1.64. The summed E-state index contributed by atoms with van der Waals surface area (Å²) < 4.78 is 58.6. The fourth-order valence-corrected chi connectivity index (χ4v) is 4.45. The van der Waals surface area contributed by atoms with Gasteiger partial charge in [-0.15, -0.1) is 0 Å². The molecule has 29 heavy (non-hydrogen) atoms. The fraction of sp³-hybridized carbons (Fsp3) is 0.478. The average molecular weight is 406 g/mol. The van der Waals surface area contributed by atoms with Crippen LogP contribution < -0.4 is 0 Å². The molecule has 156 valence electrons. The number of hydrogen-bond donors (Lipinski definition) is 0. The smallest absolute Gasteiger partial charge is 0.372 e. The van der Waals surface area contributed by atoms with Crippen molar-refractivity contribution in [3.05, 3.63) is 70.8 Å². The summed E-state index contributed by atoms with van der Waals surface area (Å²) in [6.07, 6.45) is -1.93. The Morgan fingerprint density at radius 2 is 1.59 bits per heavy atom. The molecule has 4 rings (SSSR count). The van der Waals surface area contributed by atoms with Gasteiger partial charge in [0.1, 0.15) is 0 Å². The molecule has 1 saturated heterocycles. The molecule has 2 aromatic rings. The van der Waals surface area contributed by atoms with Crippen LogP contribution in [0.1, 0.15) is 53.9 Å². The molecule has 1 aliphatic heterocycles. The van der Waals surface area contributed by atoms with Gasteiger partial charge < -0.3 is 14.2 Å². The Hall–Kier alpha value is -1.89. The van der Waals surface area contributed by atoms with E-state index in [9.17, 15) is 13.2 Å². The molecule has 0 amide bonds. The van der Waals surface area contributed by atoms with Gasteiger partial charge in [-0.05, 0) is 41.5 Å². The highest BCUT2D eigenvalue weighted by molar-refractivity contribution is 5.40. The summed E-state index contributed by atoms with van der Waals surface area (Å²) in [5.74, 6) is -0.769. The number of alkyl halides is 3. The van der Waals surface area contributed by atoms with Crippen LogP contribution in [0.25, 0.3) is 0 Å². The molecule has 1 heterocycles. The molecular formula is C23H25F3O3. The zero-order valence-corrected chi connectivity index (χ0v) is 16.2. The molecule has 0 unspecified atom stereocenters. The fourth-order valence-electron chi connectivity index (χ4n) is 4.45. The summed E-state index contributed by atoms with van der Waals surface area (Å²) >= 11 is 0. The van der Waals surface area contributed by atoms with Gasteiger partial charge in [-0.25, -0.2) is 0 Å². The van der Waals surface area contributed by atoms with Crippen molar-refractivity contribution in [1.82, 2.24) is 0 Å². The van der Waals surface area contributed by atoms with Gasteiger partial charge >= 0.3 is 6.18 Å². The van der Waals surface area contributed by atoms with Crippen LogP contribution in [-0.4, -0.2) is 19.0 Å². The Kier molecular flexibility index (Phi) is 5.95. The predicted octanol–water partition coefficient (Wildman–Crippen LogP) is 5.82. The molecule has 6 heteroatoms. The van der Waals surface area contributed by atoms with Crippen molar-refractivity contribution in [2.24, 2.45) is 0 Å². The van der Waals surface area contributed by atoms with E-state index >= 15 is 0 Å². The molecule has 2 fully saturated rings. The third kappa shape index (κ3) is 4.65. The van der Waals surface area contributed by atoms with Gasteiger partial charge in [0.25, 0.3) is 0 Å². The zero-order valence-electron chi connectivity index (χ0n) is 16.2. The number of ether oxygens (including phenoxy) is 3. The van der Waals surface area contributed by atoms with Gasteiger partial charge in [-0.2, -0.15) is 13.2 Å². The Labute approximate surface area is 168 Å². The molecule has 2 aromatic carbocycles. The lowest BCUT2D eigenvalue weighted by molar-refractivity contribution is -0.179. The maximum absolute atomic E-state index is 13.8. The highest BCUT2D eigenvalue weighted by Gasteiger charge is 2.43. The first-order chi connectivity index (χ1) is 14.0. The van der Waals surface area contributed by atoms with Crippen molar-refractivity contribution >= 4 is 0 Å². The van der Waals surface area contributed by atoms with Crippen LogP contribution in [0.2, 0.25) is 0 Å². The summed E-state index contributed by atoms with van der Waals surface area (Å²) in [4.78, 5) is 0. The van der Waals surface area contributed by atoms with E-state index in [0.29, 0.717) is 56.6 Å². The second-order valence-corrected chi connectivity index (χ2v) is 7.74. The summed E-state index contributed by atoms with van der Waals surface area (Å²) in [5, 5.41) is 0. The monoisotopic (exact) mass is 406 g/mol. The van der Waals surface area contributed by atoms with Crippen molar-refractivity contribution in [3.63, 3.8) is 0 Å². The van der Waals surface area contributed by atoms with Crippen LogP contribution in [-0.2, 0) is 33.6 Å². The van der Waals surface area contributed by atoms with Crippen molar-refractivity contribution < 1.29 is 27.4 Å². The molecule has 2 aliphatic rings. The van der Waals surface area contributed by atoms with Crippen LogP contribution in [0.4, 0.5) is 13.2 Å². The number of benzene rings is 2. The Morgan fingerprint density at radius 1 is 0.897 bits per heavy atom. The minimum atomic E-state index is -4.39.